The molecule has 13 heavy (non-hydrogen) atoms. The molecule has 3 nitrogen and oxygen atoms in total. The van der Waals surface area contributed by atoms with Crippen molar-refractivity contribution in [1.29, 1.82) is 0 Å². The van der Waals surface area contributed by atoms with Crippen LogP contribution in [0.25, 0.3) is 0 Å². The second-order valence-corrected chi connectivity index (χ2v) is 3.53. The average molecular weight is 184 g/mol. The summed E-state index contributed by atoms with van der Waals surface area (Å²) in [7, 11) is 0. The minimum absolute atomic E-state index is 0.283. The Bertz CT molecular complexity index is 187. The lowest BCUT2D eigenvalue weighted by molar-refractivity contribution is -0.118. The Kier molecular flexibility index (Phi) is 5.19. The van der Waals surface area contributed by atoms with Crippen LogP contribution in [0.2, 0.25) is 0 Å². The van der Waals surface area contributed by atoms with Crippen molar-refractivity contribution < 1.29 is 4.79 Å². The first-order valence-electron chi connectivity index (χ1n) is 4.71. The van der Waals surface area contributed by atoms with E-state index in [2.05, 4.69) is 27.4 Å². The Balaban J connectivity index is 4.23. The smallest absolute Gasteiger partial charge is 0.236 e. The molecular weight excluding hydrogens is 164 g/mol. The molecule has 3 heteroatoms. The van der Waals surface area contributed by atoms with E-state index in [-0.39, 0.29) is 12.5 Å². The number of hydrogen-bond donors (Lipinski definition) is 1. The average Bonchev–Trinajstić information content (AvgIpc) is 2.01. The molecule has 0 radical (unpaired) electrons. The molecule has 0 bridgehead atoms. The summed E-state index contributed by atoms with van der Waals surface area (Å²) in [5.74, 6) is 0.0705. The van der Waals surface area contributed by atoms with Gasteiger partial charge in [-0.05, 0) is 12.3 Å². The van der Waals surface area contributed by atoms with Crippen LogP contribution >= 0.6 is 0 Å². The topological polar surface area (TPSA) is 46.3 Å². The molecule has 0 rings (SSSR count). The third-order valence-corrected chi connectivity index (χ3v) is 1.91. The zero-order chi connectivity index (χ0) is 10.4. The number of nitrogens with two attached hydrogens (primary N) is 1. The van der Waals surface area contributed by atoms with Crippen LogP contribution in [0, 0.1) is 5.92 Å². The van der Waals surface area contributed by atoms with Crippen molar-refractivity contribution in [3.05, 3.63) is 12.3 Å². The van der Waals surface area contributed by atoms with Gasteiger partial charge in [-0.15, -0.1) is 0 Å². The maximum absolute atomic E-state index is 10.8. The fourth-order valence-corrected chi connectivity index (χ4v) is 1.15. The number of allylic oxidation sites excluding steroid dienone is 1. The summed E-state index contributed by atoms with van der Waals surface area (Å²) in [6, 6.07) is 0. The maximum Gasteiger partial charge on any atom is 0.236 e. The molecule has 0 heterocycles. The quantitative estimate of drug-likeness (QED) is 0.677. The number of nitrogens with zero attached hydrogens (tertiary/aromatic N) is 1. The first kappa shape index (κ1) is 12.0. The number of carbonyl (C=O) groups excluding carboxylic acids is 1. The van der Waals surface area contributed by atoms with Gasteiger partial charge in [-0.2, -0.15) is 0 Å². The van der Waals surface area contributed by atoms with Gasteiger partial charge >= 0.3 is 0 Å². The lowest BCUT2D eigenvalue weighted by Gasteiger charge is -2.27. The first-order valence-corrected chi connectivity index (χ1v) is 4.71. The van der Waals surface area contributed by atoms with Crippen molar-refractivity contribution in [2.75, 3.05) is 13.1 Å². The van der Waals surface area contributed by atoms with Gasteiger partial charge in [0, 0.05) is 12.2 Å². The zero-order valence-electron chi connectivity index (χ0n) is 8.84. The van der Waals surface area contributed by atoms with Gasteiger partial charge in [0.1, 0.15) is 0 Å². The molecular formula is C10H20N2O. The first-order chi connectivity index (χ1) is 5.99. The highest BCUT2D eigenvalue weighted by Gasteiger charge is 2.11. The lowest BCUT2D eigenvalue weighted by atomic mass is 10.1. The molecule has 0 atom stereocenters. The van der Waals surface area contributed by atoms with E-state index >= 15 is 0 Å². The third kappa shape index (κ3) is 4.55. The Morgan fingerprint density at radius 2 is 2.08 bits per heavy atom. The number of rotatable bonds is 6. The van der Waals surface area contributed by atoms with Crippen LogP contribution in [0.1, 0.15) is 27.2 Å². The zero-order valence-corrected chi connectivity index (χ0v) is 8.84. The summed E-state index contributed by atoms with van der Waals surface area (Å²) in [5.41, 5.74) is 6.13. The predicted octanol–water partition coefficient (Wildman–Crippen LogP) is 1.35. The molecule has 0 saturated heterocycles. The highest BCUT2D eigenvalue weighted by Crippen LogP contribution is 2.12. The molecule has 1 amide bonds. The molecule has 0 fully saturated rings. The van der Waals surface area contributed by atoms with E-state index in [9.17, 15) is 4.79 Å². The second kappa shape index (κ2) is 5.62. The van der Waals surface area contributed by atoms with Crippen molar-refractivity contribution >= 4 is 5.91 Å². The predicted molar refractivity (Wildman–Crippen MR) is 55.0 cm³/mol. The molecule has 0 aromatic carbocycles. The van der Waals surface area contributed by atoms with E-state index in [0.29, 0.717) is 5.92 Å². The van der Waals surface area contributed by atoms with Crippen LogP contribution in [-0.2, 0) is 4.79 Å². The summed E-state index contributed by atoms with van der Waals surface area (Å²) in [4.78, 5) is 12.7. The van der Waals surface area contributed by atoms with Crippen molar-refractivity contribution in [1.82, 2.24) is 4.90 Å². The number of carbonyl (C=O) groups is 1. The van der Waals surface area contributed by atoms with Crippen LogP contribution in [-0.4, -0.2) is 23.9 Å². The van der Waals surface area contributed by atoms with Gasteiger partial charge in [-0.3, -0.25) is 4.79 Å². The maximum atomic E-state index is 10.8. The van der Waals surface area contributed by atoms with Gasteiger partial charge in [0.2, 0.25) is 5.91 Å². The number of hydrogen-bond acceptors (Lipinski definition) is 2. The van der Waals surface area contributed by atoms with Crippen molar-refractivity contribution in [2.24, 2.45) is 11.7 Å². The molecule has 0 saturated carbocycles. The molecule has 0 aromatic rings. The largest absolute Gasteiger partial charge is 0.368 e. The molecule has 0 unspecified atom stereocenters. The minimum Gasteiger partial charge on any atom is -0.368 e. The Hall–Kier alpha value is -0.990. The van der Waals surface area contributed by atoms with E-state index in [4.69, 9.17) is 5.73 Å². The van der Waals surface area contributed by atoms with Crippen LogP contribution in [0.3, 0.4) is 0 Å². The molecule has 0 aliphatic rings. The highest BCUT2D eigenvalue weighted by atomic mass is 16.1. The SMILES string of the molecule is C=C(C(C)C)N(CCC)CC(N)=O. The monoisotopic (exact) mass is 184 g/mol. The Labute approximate surface area is 80.6 Å². The van der Waals surface area contributed by atoms with Crippen LogP contribution in [0.5, 0.6) is 0 Å². The van der Waals surface area contributed by atoms with Crippen molar-refractivity contribution in [3.8, 4) is 0 Å². The summed E-state index contributed by atoms with van der Waals surface area (Å²) in [6.07, 6.45) is 0.999. The third-order valence-electron chi connectivity index (χ3n) is 1.91. The fourth-order valence-electron chi connectivity index (χ4n) is 1.15. The van der Waals surface area contributed by atoms with Gasteiger partial charge < -0.3 is 10.6 Å². The second-order valence-electron chi connectivity index (χ2n) is 3.53. The van der Waals surface area contributed by atoms with E-state index in [1.165, 1.54) is 0 Å². The van der Waals surface area contributed by atoms with Gasteiger partial charge in [0.15, 0.2) is 0 Å². The van der Waals surface area contributed by atoms with E-state index in [1.807, 2.05) is 4.90 Å². The van der Waals surface area contributed by atoms with Crippen molar-refractivity contribution in [3.63, 3.8) is 0 Å². The lowest BCUT2D eigenvalue weighted by Crippen LogP contribution is -2.34. The highest BCUT2D eigenvalue weighted by molar-refractivity contribution is 5.76. The Morgan fingerprint density at radius 1 is 1.54 bits per heavy atom. The van der Waals surface area contributed by atoms with E-state index in [0.717, 1.165) is 18.7 Å². The summed E-state index contributed by atoms with van der Waals surface area (Å²) in [6.45, 7) is 11.3. The molecule has 0 aromatic heterocycles. The van der Waals surface area contributed by atoms with Gasteiger partial charge in [0.25, 0.3) is 0 Å². The summed E-state index contributed by atoms with van der Waals surface area (Å²) < 4.78 is 0. The molecule has 0 aliphatic carbocycles. The van der Waals surface area contributed by atoms with Crippen LogP contribution < -0.4 is 5.73 Å². The van der Waals surface area contributed by atoms with Crippen LogP contribution in [0.15, 0.2) is 12.3 Å². The van der Waals surface area contributed by atoms with Crippen molar-refractivity contribution in [2.45, 2.75) is 27.2 Å². The molecule has 0 aliphatic heterocycles. The van der Waals surface area contributed by atoms with E-state index < -0.39 is 0 Å². The minimum atomic E-state index is -0.296. The summed E-state index contributed by atoms with van der Waals surface area (Å²) in [5, 5.41) is 0. The number of primary amides is 1. The standard InChI is InChI=1S/C10H20N2O/c1-5-6-12(7-10(11)13)9(4)8(2)3/h8H,4-7H2,1-3H3,(H2,11,13). The van der Waals surface area contributed by atoms with Gasteiger partial charge in [-0.25, -0.2) is 0 Å². The van der Waals surface area contributed by atoms with Gasteiger partial charge in [-0.1, -0.05) is 27.4 Å². The number of amides is 1. The normalized spacial score (nSPS) is 10.2. The molecule has 76 valence electrons. The van der Waals surface area contributed by atoms with Gasteiger partial charge in [0.05, 0.1) is 6.54 Å². The summed E-state index contributed by atoms with van der Waals surface area (Å²) >= 11 is 0. The molecule has 2 N–H and O–H groups in total. The Morgan fingerprint density at radius 3 is 2.38 bits per heavy atom. The van der Waals surface area contributed by atoms with Crippen LogP contribution in [0.4, 0.5) is 0 Å². The molecule has 0 spiro atoms. The fraction of sp³-hybridized carbons (Fsp3) is 0.700. The van der Waals surface area contributed by atoms with E-state index in [1.54, 1.807) is 0 Å².